The van der Waals surface area contributed by atoms with Crippen molar-refractivity contribution < 1.29 is 13.9 Å². The van der Waals surface area contributed by atoms with E-state index >= 15 is 0 Å². The molecule has 146 valence electrons. The van der Waals surface area contributed by atoms with E-state index in [0.29, 0.717) is 30.0 Å². The molecular formula is C21H23N3O3S. The van der Waals surface area contributed by atoms with Gasteiger partial charge in [-0.1, -0.05) is 54.2 Å². The Balaban J connectivity index is 1.55. The smallest absolute Gasteiger partial charge is 0.277 e. The SMILES string of the molecule is CCOc1ccccc1-c1nnc(SC(C)C(=O)NCCc2ccccc2)o1. The van der Waals surface area contributed by atoms with Crippen LogP contribution in [0.1, 0.15) is 19.4 Å². The lowest BCUT2D eigenvalue weighted by molar-refractivity contribution is -0.120. The molecule has 0 bridgehead atoms. The number of benzene rings is 2. The summed E-state index contributed by atoms with van der Waals surface area (Å²) < 4.78 is 11.3. The van der Waals surface area contributed by atoms with Gasteiger partial charge >= 0.3 is 0 Å². The molecule has 1 heterocycles. The molecule has 3 rings (SSSR count). The Morgan fingerprint density at radius 2 is 1.89 bits per heavy atom. The zero-order valence-corrected chi connectivity index (χ0v) is 16.7. The maximum Gasteiger partial charge on any atom is 0.277 e. The van der Waals surface area contributed by atoms with Crippen molar-refractivity contribution in [3.8, 4) is 17.2 Å². The highest BCUT2D eigenvalue weighted by molar-refractivity contribution is 8.00. The molecule has 1 unspecified atom stereocenters. The van der Waals surface area contributed by atoms with Gasteiger partial charge in [0, 0.05) is 6.54 Å². The van der Waals surface area contributed by atoms with Gasteiger partial charge in [-0.05, 0) is 38.0 Å². The van der Waals surface area contributed by atoms with Crippen LogP contribution in [0.4, 0.5) is 0 Å². The third-order valence-corrected chi connectivity index (χ3v) is 4.96. The summed E-state index contributed by atoms with van der Waals surface area (Å²) >= 11 is 1.24. The van der Waals surface area contributed by atoms with Crippen LogP contribution in [0.15, 0.2) is 64.2 Å². The van der Waals surface area contributed by atoms with Crippen molar-refractivity contribution in [2.24, 2.45) is 0 Å². The lowest BCUT2D eigenvalue weighted by Gasteiger charge is -2.10. The van der Waals surface area contributed by atoms with Crippen LogP contribution in [0.3, 0.4) is 0 Å². The molecule has 7 heteroatoms. The summed E-state index contributed by atoms with van der Waals surface area (Å²) in [6, 6.07) is 17.6. The Bertz CT molecular complexity index is 899. The summed E-state index contributed by atoms with van der Waals surface area (Å²) in [6.45, 7) is 4.88. The molecule has 1 amide bonds. The van der Waals surface area contributed by atoms with Gasteiger partial charge < -0.3 is 14.5 Å². The maximum atomic E-state index is 12.3. The highest BCUT2D eigenvalue weighted by atomic mass is 32.2. The zero-order valence-electron chi connectivity index (χ0n) is 15.9. The summed E-state index contributed by atoms with van der Waals surface area (Å²) in [4.78, 5) is 12.3. The fourth-order valence-corrected chi connectivity index (χ4v) is 3.32. The quantitative estimate of drug-likeness (QED) is 0.551. The number of nitrogens with one attached hydrogen (secondary N) is 1. The van der Waals surface area contributed by atoms with E-state index in [4.69, 9.17) is 9.15 Å². The number of carbonyl (C=O) groups is 1. The van der Waals surface area contributed by atoms with Crippen LogP contribution in [-0.4, -0.2) is 34.5 Å². The highest BCUT2D eigenvalue weighted by Gasteiger charge is 2.19. The summed E-state index contributed by atoms with van der Waals surface area (Å²) in [5.74, 6) is 1.01. The van der Waals surface area contributed by atoms with E-state index in [1.165, 1.54) is 17.3 Å². The van der Waals surface area contributed by atoms with E-state index in [0.717, 1.165) is 12.0 Å². The minimum atomic E-state index is -0.341. The summed E-state index contributed by atoms with van der Waals surface area (Å²) in [6.07, 6.45) is 0.795. The van der Waals surface area contributed by atoms with Crippen molar-refractivity contribution in [3.05, 3.63) is 60.2 Å². The van der Waals surface area contributed by atoms with E-state index < -0.39 is 0 Å². The molecule has 6 nitrogen and oxygen atoms in total. The lowest BCUT2D eigenvalue weighted by atomic mass is 10.1. The van der Waals surface area contributed by atoms with Gasteiger partial charge in [0.1, 0.15) is 5.75 Å². The molecule has 1 atom stereocenters. The Morgan fingerprint density at radius 1 is 1.14 bits per heavy atom. The monoisotopic (exact) mass is 397 g/mol. The van der Waals surface area contributed by atoms with Gasteiger partial charge in [0.05, 0.1) is 17.4 Å². The van der Waals surface area contributed by atoms with Crippen molar-refractivity contribution in [3.63, 3.8) is 0 Å². The van der Waals surface area contributed by atoms with Crippen molar-refractivity contribution in [1.29, 1.82) is 0 Å². The van der Waals surface area contributed by atoms with Gasteiger partial charge in [0.2, 0.25) is 5.91 Å². The predicted octanol–water partition coefficient (Wildman–Crippen LogP) is 3.97. The van der Waals surface area contributed by atoms with Gasteiger partial charge in [-0.15, -0.1) is 10.2 Å². The molecular weight excluding hydrogens is 374 g/mol. The Labute approximate surface area is 168 Å². The third-order valence-electron chi connectivity index (χ3n) is 4.03. The van der Waals surface area contributed by atoms with Crippen LogP contribution >= 0.6 is 11.8 Å². The average Bonchev–Trinajstić information content (AvgIpc) is 3.17. The number of hydrogen-bond acceptors (Lipinski definition) is 6. The first-order chi connectivity index (χ1) is 13.7. The predicted molar refractivity (Wildman–Crippen MR) is 109 cm³/mol. The zero-order chi connectivity index (χ0) is 19.8. The number of hydrogen-bond donors (Lipinski definition) is 1. The summed E-state index contributed by atoms with van der Waals surface area (Å²) in [7, 11) is 0. The average molecular weight is 398 g/mol. The van der Waals surface area contributed by atoms with Crippen molar-refractivity contribution in [2.45, 2.75) is 30.7 Å². The standard InChI is InChI=1S/C21H23N3O3S/c1-3-26-18-12-8-7-11-17(18)20-23-24-21(27-20)28-15(2)19(25)22-14-13-16-9-5-4-6-10-16/h4-12,15H,3,13-14H2,1-2H3,(H,22,25). The first kappa shape index (κ1) is 19.9. The maximum absolute atomic E-state index is 12.3. The number of thioether (sulfide) groups is 1. The minimum absolute atomic E-state index is 0.0598. The normalized spacial score (nSPS) is 11.8. The topological polar surface area (TPSA) is 77.2 Å². The van der Waals surface area contributed by atoms with E-state index in [1.54, 1.807) is 0 Å². The van der Waals surface area contributed by atoms with Gasteiger partial charge in [0.25, 0.3) is 11.1 Å². The Morgan fingerprint density at radius 3 is 2.68 bits per heavy atom. The van der Waals surface area contributed by atoms with E-state index in [2.05, 4.69) is 15.5 Å². The molecule has 0 spiro atoms. The largest absolute Gasteiger partial charge is 0.493 e. The van der Waals surface area contributed by atoms with Crippen molar-refractivity contribution >= 4 is 17.7 Å². The van der Waals surface area contributed by atoms with Gasteiger partial charge in [-0.2, -0.15) is 0 Å². The molecule has 28 heavy (non-hydrogen) atoms. The third kappa shape index (κ3) is 5.36. The van der Waals surface area contributed by atoms with Crippen molar-refractivity contribution in [2.75, 3.05) is 13.2 Å². The number of amides is 1. The fourth-order valence-electron chi connectivity index (χ4n) is 2.61. The number of aromatic nitrogens is 2. The lowest BCUT2D eigenvalue weighted by Crippen LogP contribution is -2.32. The van der Waals surface area contributed by atoms with E-state index in [-0.39, 0.29) is 11.2 Å². The molecule has 0 radical (unpaired) electrons. The van der Waals surface area contributed by atoms with Crippen LogP contribution in [0.5, 0.6) is 5.75 Å². The van der Waals surface area contributed by atoms with Crippen molar-refractivity contribution in [1.82, 2.24) is 15.5 Å². The molecule has 0 saturated heterocycles. The molecule has 0 aliphatic rings. The van der Waals surface area contributed by atoms with E-state index in [9.17, 15) is 4.79 Å². The summed E-state index contributed by atoms with van der Waals surface area (Å²) in [5, 5.41) is 11.1. The van der Waals surface area contributed by atoms with Crippen LogP contribution < -0.4 is 10.1 Å². The van der Waals surface area contributed by atoms with Crippen LogP contribution in [0.25, 0.3) is 11.5 Å². The molecule has 3 aromatic rings. The van der Waals surface area contributed by atoms with Gasteiger partial charge in [-0.3, -0.25) is 4.79 Å². The second-order valence-electron chi connectivity index (χ2n) is 6.09. The molecule has 1 aromatic heterocycles. The van der Waals surface area contributed by atoms with Gasteiger partial charge in [0.15, 0.2) is 0 Å². The first-order valence-corrected chi connectivity index (χ1v) is 10.1. The number of nitrogens with zero attached hydrogens (tertiary/aromatic N) is 2. The first-order valence-electron chi connectivity index (χ1n) is 9.21. The second-order valence-corrected chi connectivity index (χ2v) is 7.38. The van der Waals surface area contributed by atoms with Crippen LogP contribution in [0, 0.1) is 0 Å². The highest BCUT2D eigenvalue weighted by Crippen LogP contribution is 2.31. The summed E-state index contributed by atoms with van der Waals surface area (Å²) in [5.41, 5.74) is 1.93. The Hall–Kier alpha value is -2.80. The molecule has 0 aliphatic carbocycles. The number of carbonyl (C=O) groups excluding carboxylic acids is 1. The minimum Gasteiger partial charge on any atom is -0.493 e. The number of ether oxygens (including phenoxy) is 1. The molecule has 2 aromatic carbocycles. The van der Waals surface area contributed by atoms with Gasteiger partial charge in [-0.25, -0.2) is 0 Å². The van der Waals surface area contributed by atoms with E-state index in [1.807, 2.05) is 68.4 Å². The molecule has 1 N–H and O–H groups in total. The second kappa shape index (κ2) is 9.94. The van der Waals surface area contributed by atoms with Crippen LogP contribution in [0.2, 0.25) is 0 Å². The number of rotatable bonds is 9. The van der Waals surface area contributed by atoms with Crippen LogP contribution in [-0.2, 0) is 11.2 Å². The molecule has 0 fully saturated rings. The fraction of sp³-hybridized carbons (Fsp3) is 0.286. The molecule has 0 saturated carbocycles. The molecule has 0 aliphatic heterocycles. The number of para-hydroxylation sites is 1. The Kier molecular flexibility index (Phi) is 7.08.